The summed E-state index contributed by atoms with van der Waals surface area (Å²) in [4.78, 5) is 34.7. The van der Waals surface area contributed by atoms with E-state index in [1.165, 1.54) is 7.05 Å². The smallest absolute Gasteiger partial charge is 0.233 e. The van der Waals surface area contributed by atoms with Crippen LogP contribution in [0.15, 0.2) is 0 Å². The molecule has 2 amide bonds. The summed E-state index contributed by atoms with van der Waals surface area (Å²) < 4.78 is 0. The highest BCUT2D eigenvalue weighted by Crippen LogP contribution is 2.36. The van der Waals surface area contributed by atoms with E-state index >= 15 is 0 Å². The van der Waals surface area contributed by atoms with Gasteiger partial charge in [0.05, 0.1) is 11.8 Å². The Bertz CT molecular complexity index is 258. The number of fused-ring (bicyclic) bond motifs is 1. The van der Waals surface area contributed by atoms with Gasteiger partial charge in [0.25, 0.3) is 0 Å². The molecule has 0 N–H and O–H groups in total. The lowest BCUT2D eigenvalue weighted by molar-refractivity contribution is -0.140. The molecule has 4 heteroatoms. The van der Waals surface area contributed by atoms with Crippen LogP contribution in [0.25, 0.3) is 0 Å². The Labute approximate surface area is 69.5 Å². The predicted octanol–water partition coefficient (Wildman–Crippen LogP) is -0.420. The van der Waals surface area contributed by atoms with Crippen molar-refractivity contribution in [1.29, 1.82) is 0 Å². The van der Waals surface area contributed by atoms with Crippen molar-refractivity contribution in [3.8, 4) is 0 Å². The molecule has 1 saturated heterocycles. The van der Waals surface area contributed by atoms with Gasteiger partial charge < -0.3 is 0 Å². The van der Waals surface area contributed by atoms with E-state index in [2.05, 4.69) is 0 Å². The number of nitrogens with zero attached hydrogens (tertiary/aromatic N) is 1. The maximum absolute atomic E-state index is 11.3. The molecule has 12 heavy (non-hydrogen) atoms. The molecule has 2 fully saturated rings. The highest BCUT2D eigenvalue weighted by Gasteiger charge is 2.50. The summed E-state index contributed by atoms with van der Waals surface area (Å²) in [5, 5.41) is 0. The molecule has 2 rings (SSSR count). The van der Waals surface area contributed by atoms with E-state index in [0.29, 0.717) is 0 Å². The average Bonchev–Trinajstić information content (AvgIpc) is 2.49. The fraction of sp³-hybridized carbons (Fsp3) is 0.625. The van der Waals surface area contributed by atoms with Crippen molar-refractivity contribution >= 4 is 17.6 Å². The Morgan fingerprint density at radius 1 is 1.08 bits per heavy atom. The zero-order valence-corrected chi connectivity index (χ0v) is 6.74. The minimum atomic E-state index is -0.338. The number of amides is 2. The highest BCUT2D eigenvalue weighted by atomic mass is 16.2. The largest absolute Gasteiger partial charge is 0.300 e. The first-order valence-corrected chi connectivity index (χ1v) is 3.94. The summed E-state index contributed by atoms with van der Waals surface area (Å²) in [5.74, 6) is -1.00. The average molecular weight is 167 g/mol. The number of carbonyl (C=O) groups excluding carboxylic acids is 3. The number of hydrogen-bond donors (Lipinski definition) is 0. The van der Waals surface area contributed by atoms with Crippen molar-refractivity contribution in [2.45, 2.75) is 12.8 Å². The minimum Gasteiger partial charge on any atom is -0.300 e. The van der Waals surface area contributed by atoms with Gasteiger partial charge in [-0.3, -0.25) is 19.3 Å². The van der Waals surface area contributed by atoms with E-state index in [4.69, 9.17) is 0 Å². The van der Waals surface area contributed by atoms with Crippen molar-refractivity contribution in [3.63, 3.8) is 0 Å². The quantitative estimate of drug-likeness (QED) is 0.460. The molecular formula is C8H9NO3. The molecule has 1 aliphatic carbocycles. The molecule has 0 bridgehead atoms. The Hall–Kier alpha value is -1.19. The third-order valence-electron chi connectivity index (χ3n) is 2.68. The van der Waals surface area contributed by atoms with Crippen molar-refractivity contribution in [3.05, 3.63) is 0 Å². The van der Waals surface area contributed by atoms with E-state index in [1.54, 1.807) is 0 Å². The first-order chi connectivity index (χ1) is 5.61. The van der Waals surface area contributed by atoms with Crippen LogP contribution in [0.5, 0.6) is 0 Å². The van der Waals surface area contributed by atoms with E-state index in [0.717, 1.165) is 4.90 Å². The molecule has 0 spiro atoms. The first-order valence-electron chi connectivity index (χ1n) is 3.94. The molecule has 2 atom stereocenters. The molecular weight excluding hydrogens is 158 g/mol. The maximum Gasteiger partial charge on any atom is 0.233 e. The number of likely N-dealkylation sites (tertiary alicyclic amines) is 1. The third kappa shape index (κ3) is 0.748. The summed E-state index contributed by atoms with van der Waals surface area (Å²) in [5.41, 5.74) is 0. The van der Waals surface area contributed by atoms with Crippen LogP contribution in [0.2, 0.25) is 0 Å². The maximum atomic E-state index is 11.3. The van der Waals surface area contributed by atoms with Crippen molar-refractivity contribution in [2.75, 3.05) is 7.05 Å². The molecule has 64 valence electrons. The fourth-order valence-electron chi connectivity index (χ4n) is 1.98. The number of imide groups is 1. The van der Waals surface area contributed by atoms with Crippen LogP contribution < -0.4 is 0 Å². The number of carbonyl (C=O) groups is 3. The van der Waals surface area contributed by atoms with Crippen LogP contribution in [0, 0.1) is 11.8 Å². The van der Waals surface area contributed by atoms with Crippen molar-refractivity contribution in [2.24, 2.45) is 11.8 Å². The second kappa shape index (κ2) is 2.15. The fourth-order valence-corrected chi connectivity index (χ4v) is 1.98. The van der Waals surface area contributed by atoms with Crippen LogP contribution in [0.1, 0.15) is 12.8 Å². The second-order valence-corrected chi connectivity index (χ2v) is 3.40. The van der Waals surface area contributed by atoms with Crippen molar-refractivity contribution < 1.29 is 14.4 Å². The van der Waals surface area contributed by atoms with E-state index in [9.17, 15) is 14.4 Å². The second-order valence-electron chi connectivity index (χ2n) is 3.40. The standard InChI is InChI=1S/C8H9NO3/c1-9-7(11)5-2-4(10)3-6(5)8(9)12/h5-6H,2-3H2,1H3. The van der Waals surface area contributed by atoms with Crippen LogP contribution in [-0.4, -0.2) is 29.5 Å². The van der Waals surface area contributed by atoms with E-state index in [-0.39, 0.29) is 42.3 Å². The Morgan fingerprint density at radius 2 is 1.50 bits per heavy atom. The van der Waals surface area contributed by atoms with Gasteiger partial charge in [-0.25, -0.2) is 0 Å². The molecule has 0 radical (unpaired) electrons. The summed E-state index contributed by atoms with van der Waals surface area (Å²) in [6, 6.07) is 0. The zero-order valence-electron chi connectivity index (χ0n) is 6.74. The normalized spacial score (nSPS) is 34.8. The molecule has 1 aliphatic heterocycles. The highest BCUT2D eigenvalue weighted by molar-refractivity contribution is 6.09. The van der Waals surface area contributed by atoms with Gasteiger partial charge in [-0.1, -0.05) is 0 Å². The summed E-state index contributed by atoms with van der Waals surface area (Å²) in [7, 11) is 1.48. The molecule has 1 saturated carbocycles. The summed E-state index contributed by atoms with van der Waals surface area (Å²) >= 11 is 0. The van der Waals surface area contributed by atoms with Gasteiger partial charge in [-0.15, -0.1) is 0 Å². The van der Waals surface area contributed by atoms with E-state index in [1.807, 2.05) is 0 Å². The van der Waals surface area contributed by atoms with Gasteiger partial charge >= 0.3 is 0 Å². The molecule has 0 aromatic carbocycles. The minimum absolute atomic E-state index is 0.0415. The molecule has 2 aliphatic rings. The lowest BCUT2D eigenvalue weighted by Crippen LogP contribution is -2.27. The number of ketones is 1. The van der Waals surface area contributed by atoms with Gasteiger partial charge in [0.15, 0.2) is 0 Å². The number of rotatable bonds is 0. The monoisotopic (exact) mass is 167 g/mol. The van der Waals surface area contributed by atoms with Gasteiger partial charge in [0.1, 0.15) is 5.78 Å². The lowest BCUT2D eigenvalue weighted by atomic mass is 10.00. The van der Waals surface area contributed by atoms with E-state index < -0.39 is 0 Å². The lowest BCUT2D eigenvalue weighted by Gasteiger charge is -2.06. The van der Waals surface area contributed by atoms with Gasteiger partial charge in [0, 0.05) is 19.9 Å². The Kier molecular flexibility index (Phi) is 1.34. The van der Waals surface area contributed by atoms with Crippen LogP contribution >= 0.6 is 0 Å². The number of hydrogen-bond acceptors (Lipinski definition) is 3. The van der Waals surface area contributed by atoms with Crippen molar-refractivity contribution in [1.82, 2.24) is 4.90 Å². The molecule has 0 aromatic heterocycles. The van der Waals surface area contributed by atoms with Gasteiger partial charge in [0.2, 0.25) is 11.8 Å². The first kappa shape index (κ1) is 7.46. The Balaban J connectivity index is 2.32. The third-order valence-corrected chi connectivity index (χ3v) is 2.68. The summed E-state index contributed by atoms with van der Waals surface area (Å²) in [6.45, 7) is 0. The van der Waals surface area contributed by atoms with Gasteiger partial charge in [-0.2, -0.15) is 0 Å². The summed E-state index contributed by atoms with van der Waals surface area (Å²) in [6.07, 6.45) is 0.527. The molecule has 4 nitrogen and oxygen atoms in total. The predicted molar refractivity (Wildman–Crippen MR) is 39.0 cm³/mol. The topological polar surface area (TPSA) is 54.5 Å². The zero-order chi connectivity index (χ0) is 8.88. The van der Waals surface area contributed by atoms with Crippen LogP contribution in [0.3, 0.4) is 0 Å². The Morgan fingerprint density at radius 3 is 1.92 bits per heavy atom. The van der Waals surface area contributed by atoms with Gasteiger partial charge in [-0.05, 0) is 0 Å². The number of Topliss-reactive ketones (excluding diaryl/α,β-unsaturated/α-hetero) is 1. The van der Waals surface area contributed by atoms with Crippen LogP contribution in [-0.2, 0) is 14.4 Å². The molecule has 1 heterocycles. The molecule has 2 unspecified atom stereocenters. The SMILES string of the molecule is CN1C(=O)C2CC(=O)CC2C1=O. The van der Waals surface area contributed by atoms with Crippen LogP contribution in [0.4, 0.5) is 0 Å². The molecule has 0 aromatic rings.